The molecule has 1 aromatic heterocycles. The number of pyridine rings is 1. The van der Waals surface area contributed by atoms with Crippen molar-refractivity contribution in [3.8, 4) is 5.75 Å². The molecule has 5 nitrogen and oxygen atoms in total. The van der Waals surface area contributed by atoms with E-state index >= 15 is 0 Å². The molecule has 0 radical (unpaired) electrons. The smallest absolute Gasteiger partial charge is 0.306 e. The second kappa shape index (κ2) is 8.52. The number of carboxylic acids is 1. The van der Waals surface area contributed by atoms with Crippen molar-refractivity contribution in [1.82, 2.24) is 9.88 Å². The summed E-state index contributed by atoms with van der Waals surface area (Å²) >= 11 is 6.28. The number of carbonyl (C=O) groups is 1. The number of ether oxygens (including phenoxy) is 1. The van der Waals surface area contributed by atoms with Crippen LogP contribution in [-0.2, 0) is 4.79 Å². The third-order valence-electron chi connectivity index (χ3n) is 4.81. The van der Waals surface area contributed by atoms with Gasteiger partial charge in [0.25, 0.3) is 0 Å². The van der Waals surface area contributed by atoms with Crippen LogP contribution in [-0.4, -0.2) is 40.7 Å². The predicted molar refractivity (Wildman–Crippen MR) is 101 cm³/mol. The van der Waals surface area contributed by atoms with Crippen molar-refractivity contribution in [1.29, 1.82) is 0 Å². The number of carboxylic acid groups (broad SMARTS) is 1. The summed E-state index contributed by atoms with van der Waals surface area (Å²) in [6.07, 6.45) is 4.87. The van der Waals surface area contributed by atoms with Crippen LogP contribution in [0.3, 0.4) is 0 Å². The third-order valence-corrected chi connectivity index (χ3v) is 5.05. The van der Waals surface area contributed by atoms with E-state index < -0.39 is 5.97 Å². The molecule has 2 heterocycles. The highest BCUT2D eigenvalue weighted by molar-refractivity contribution is 6.30. The molecule has 6 heteroatoms. The molecule has 1 aromatic carbocycles. The number of piperidine rings is 1. The molecule has 138 valence electrons. The molecule has 0 spiro atoms. The first-order valence-electron chi connectivity index (χ1n) is 8.89. The minimum Gasteiger partial charge on any atom is -0.494 e. The van der Waals surface area contributed by atoms with Crippen molar-refractivity contribution >= 4 is 17.6 Å². The topological polar surface area (TPSA) is 62.7 Å². The molecule has 3 rings (SSSR count). The quantitative estimate of drug-likeness (QED) is 0.827. The monoisotopic (exact) mass is 374 g/mol. The van der Waals surface area contributed by atoms with Gasteiger partial charge in [-0.25, -0.2) is 0 Å². The summed E-state index contributed by atoms with van der Waals surface area (Å²) in [5, 5.41) is 9.93. The fraction of sp³-hybridized carbons (Fsp3) is 0.400. The molecule has 1 unspecified atom stereocenters. The first-order valence-corrected chi connectivity index (χ1v) is 9.27. The van der Waals surface area contributed by atoms with Gasteiger partial charge < -0.3 is 9.84 Å². The van der Waals surface area contributed by atoms with Gasteiger partial charge in [-0.15, -0.1) is 0 Å². The lowest BCUT2D eigenvalue weighted by molar-refractivity contribution is -0.143. The SMILES string of the molecule is CCOc1ccc(Cl)cc1C(c1cccnc1)N1CCC(C(=O)O)CC1. The molecule has 1 N–H and O–H groups in total. The first-order chi connectivity index (χ1) is 12.6. The summed E-state index contributed by atoms with van der Waals surface area (Å²) < 4.78 is 5.84. The van der Waals surface area contributed by atoms with Gasteiger partial charge in [0.1, 0.15) is 5.75 Å². The van der Waals surface area contributed by atoms with Gasteiger partial charge >= 0.3 is 5.97 Å². The maximum Gasteiger partial charge on any atom is 0.306 e. The molecule has 0 aliphatic carbocycles. The molecular formula is C20H23ClN2O3. The molecular weight excluding hydrogens is 352 g/mol. The number of benzene rings is 1. The third kappa shape index (κ3) is 4.17. The number of aliphatic carboxylic acids is 1. The Hall–Kier alpha value is -2.11. The van der Waals surface area contributed by atoms with E-state index in [4.69, 9.17) is 16.3 Å². The van der Waals surface area contributed by atoms with Gasteiger partial charge in [0, 0.05) is 23.0 Å². The molecule has 0 saturated carbocycles. The highest BCUT2D eigenvalue weighted by Crippen LogP contribution is 2.38. The summed E-state index contributed by atoms with van der Waals surface area (Å²) in [4.78, 5) is 17.9. The van der Waals surface area contributed by atoms with Crippen molar-refractivity contribution < 1.29 is 14.6 Å². The van der Waals surface area contributed by atoms with E-state index in [1.54, 1.807) is 6.20 Å². The van der Waals surface area contributed by atoms with E-state index in [2.05, 4.69) is 9.88 Å². The summed E-state index contributed by atoms with van der Waals surface area (Å²) in [6.45, 7) is 3.93. The summed E-state index contributed by atoms with van der Waals surface area (Å²) in [5.74, 6) is -0.182. The zero-order valence-electron chi connectivity index (χ0n) is 14.8. The average molecular weight is 375 g/mol. The van der Waals surface area contributed by atoms with Crippen molar-refractivity contribution in [3.05, 3.63) is 58.9 Å². The van der Waals surface area contributed by atoms with E-state index in [9.17, 15) is 9.90 Å². The van der Waals surface area contributed by atoms with E-state index in [-0.39, 0.29) is 12.0 Å². The van der Waals surface area contributed by atoms with E-state index in [0.29, 0.717) is 37.6 Å². The Morgan fingerprint density at radius 3 is 2.77 bits per heavy atom. The van der Waals surface area contributed by atoms with Gasteiger partial charge in [0.2, 0.25) is 0 Å². The average Bonchev–Trinajstić information content (AvgIpc) is 2.65. The molecule has 0 amide bonds. The van der Waals surface area contributed by atoms with Gasteiger partial charge in [-0.2, -0.15) is 0 Å². The van der Waals surface area contributed by atoms with Crippen LogP contribution in [0.1, 0.15) is 36.9 Å². The Bertz CT molecular complexity index is 746. The van der Waals surface area contributed by atoms with Gasteiger partial charge in [-0.05, 0) is 62.7 Å². The molecule has 1 aliphatic rings. The predicted octanol–water partition coefficient (Wildman–Crippen LogP) is 4.02. The number of hydrogen-bond donors (Lipinski definition) is 1. The number of rotatable bonds is 6. The summed E-state index contributed by atoms with van der Waals surface area (Å²) in [6, 6.07) is 9.54. The van der Waals surface area contributed by atoms with Crippen LogP contribution in [0.15, 0.2) is 42.7 Å². The van der Waals surface area contributed by atoms with Crippen LogP contribution in [0.2, 0.25) is 5.02 Å². The molecule has 2 aromatic rings. The van der Waals surface area contributed by atoms with E-state index in [1.165, 1.54) is 0 Å². The minimum absolute atomic E-state index is 0.0707. The molecule has 0 bridgehead atoms. The minimum atomic E-state index is -0.708. The first kappa shape index (κ1) is 18.7. The van der Waals surface area contributed by atoms with Crippen molar-refractivity contribution in [2.24, 2.45) is 5.92 Å². The summed E-state index contributed by atoms with van der Waals surface area (Å²) in [5.41, 5.74) is 2.03. The fourth-order valence-corrected chi connectivity index (χ4v) is 3.73. The standard InChI is InChI=1S/C20H23ClN2O3/c1-2-26-18-6-5-16(21)12-17(18)19(15-4-3-9-22-13-15)23-10-7-14(8-11-23)20(24)25/h3-6,9,12-14,19H,2,7-8,10-11H2,1H3,(H,24,25). The van der Waals surface area contributed by atoms with Gasteiger partial charge in [0.05, 0.1) is 18.6 Å². The number of aromatic nitrogens is 1. The van der Waals surface area contributed by atoms with Gasteiger partial charge in [-0.3, -0.25) is 14.7 Å². The highest BCUT2D eigenvalue weighted by Gasteiger charge is 2.31. The Morgan fingerprint density at radius 1 is 1.38 bits per heavy atom. The Kier molecular flexibility index (Phi) is 6.12. The lowest BCUT2D eigenvalue weighted by Crippen LogP contribution is -2.39. The van der Waals surface area contributed by atoms with E-state index in [0.717, 1.165) is 16.9 Å². The van der Waals surface area contributed by atoms with Crippen molar-refractivity contribution in [3.63, 3.8) is 0 Å². The molecule has 26 heavy (non-hydrogen) atoms. The fourth-order valence-electron chi connectivity index (χ4n) is 3.55. The Labute approximate surface area is 158 Å². The Morgan fingerprint density at radius 2 is 2.15 bits per heavy atom. The van der Waals surface area contributed by atoms with Gasteiger partial charge in [0.15, 0.2) is 0 Å². The van der Waals surface area contributed by atoms with Crippen molar-refractivity contribution in [2.45, 2.75) is 25.8 Å². The van der Waals surface area contributed by atoms with E-state index in [1.807, 2.05) is 43.5 Å². The Balaban J connectivity index is 1.98. The maximum atomic E-state index is 11.3. The molecule has 1 fully saturated rings. The van der Waals surface area contributed by atoms with Crippen LogP contribution < -0.4 is 4.74 Å². The summed E-state index contributed by atoms with van der Waals surface area (Å²) in [7, 11) is 0. The number of halogens is 1. The molecule has 1 aliphatic heterocycles. The number of hydrogen-bond acceptors (Lipinski definition) is 4. The van der Waals surface area contributed by atoms with Crippen LogP contribution in [0, 0.1) is 5.92 Å². The molecule has 1 atom stereocenters. The number of nitrogens with zero attached hydrogens (tertiary/aromatic N) is 2. The maximum absolute atomic E-state index is 11.3. The number of likely N-dealkylation sites (tertiary alicyclic amines) is 1. The normalized spacial score (nSPS) is 17.0. The lowest BCUT2D eigenvalue weighted by Gasteiger charge is -2.37. The second-order valence-electron chi connectivity index (χ2n) is 6.45. The zero-order valence-corrected chi connectivity index (χ0v) is 15.5. The molecule has 1 saturated heterocycles. The van der Waals surface area contributed by atoms with Gasteiger partial charge in [-0.1, -0.05) is 17.7 Å². The van der Waals surface area contributed by atoms with Crippen LogP contribution in [0.25, 0.3) is 0 Å². The zero-order chi connectivity index (χ0) is 18.5. The van der Waals surface area contributed by atoms with Crippen molar-refractivity contribution in [2.75, 3.05) is 19.7 Å². The highest BCUT2D eigenvalue weighted by atomic mass is 35.5. The van der Waals surface area contributed by atoms with Crippen LogP contribution in [0.5, 0.6) is 5.75 Å². The van der Waals surface area contributed by atoms with Crippen LogP contribution in [0.4, 0.5) is 0 Å². The second-order valence-corrected chi connectivity index (χ2v) is 6.89. The largest absolute Gasteiger partial charge is 0.494 e. The lowest BCUT2D eigenvalue weighted by atomic mass is 9.91. The van der Waals surface area contributed by atoms with Crippen LogP contribution >= 0.6 is 11.6 Å².